The van der Waals surface area contributed by atoms with Crippen LogP contribution in [0.5, 0.6) is 0 Å². The Labute approximate surface area is 174 Å². The van der Waals surface area contributed by atoms with E-state index in [0.717, 1.165) is 22.0 Å². The minimum atomic E-state index is -1.84. The van der Waals surface area contributed by atoms with Crippen molar-refractivity contribution in [2.45, 2.75) is 52.1 Å². The Hall–Kier alpha value is -1.98. The number of ketones is 1. The molecule has 0 saturated carbocycles. The van der Waals surface area contributed by atoms with Gasteiger partial charge >= 0.3 is 0 Å². The monoisotopic (exact) mass is 443 g/mol. The van der Waals surface area contributed by atoms with Crippen LogP contribution >= 0.6 is 15.9 Å². The van der Waals surface area contributed by atoms with Gasteiger partial charge in [-0.25, -0.2) is 0 Å². The van der Waals surface area contributed by atoms with Crippen molar-refractivity contribution in [3.05, 3.63) is 63.1 Å². The maximum absolute atomic E-state index is 13.2. The van der Waals surface area contributed by atoms with Crippen LogP contribution in [-0.2, 0) is 10.4 Å². The minimum absolute atomic E-state index is 0.222. The van der Waals surface area contributed by atoms with Crippen molar-refractivity contribution in [2.75, 3.05) is 11.4 Å². The van der Waals surface area contributed by atoms with E-state index in [9.17, 15) is 14.7 Å². The number of nitrogens with zero attached hydrogens (tertiary/aromatic N) is 1. The van der Waals surface area contributed by atoms with Gasteiger partial charge in [0, 0.05) is 22.1 Å². The molecule has 1 N–H and O–H groups in total. The quantitative estimate of drug-likeness (QED) is 0.631. The van der Waals surface area contributed by atoms with Crippen LogP contribution in [0.15, 0.2) is 40.9 Å². The number of aryl methyl sites for hydroxylation is 1. The maximum Gasteiger partial charge on any atom is 0.264 e. The summed E-state index contributed by atoms with van der Waals surface area (Å²) in [6, 6.07) is 11.2. The van der Waals surface area contributed by atoms with Gasteiger partial charge < -0.3 is 10.0 Å². The average Bonchev–Trinajstić information content (AvgIpc) is 2.84. The SMILES string of the molecule is CCCN1C(=O)C(O)(CC(=O)c2cc(C(C)C)ccc2C)c2cc(Br)ccc21. The largest absolute Gasteiger partial charge is 0.375 e. The Kier molecular flexibility index (Phi) is 5.78. The highest BCUT2D eigenvalue weighted by molar-refractivity contribution is 9.10. The number of amides is 1. The van der Waals surface area contributed by atoms with Crippen molar-refractivity contribution in [3.8, 4) is 0 Å². The number of Topliss-reactive ketones (excluding diaryl/α,β-unsaturated/α-hetero) is 1. The van der Waals surface area contributed by atoms with Gasteiger partial charge in [0.15, 0.2) is 11.4 Å². The standard InChI is InChI=1S/C23H26BrNO3/c1-5-10-25-20-9-8-17(24)12-19(20)23(28,22(25)27)13-21(26)18-11-16(14(2)3)7-6-15(18)4/h6-9,11-12,14,28H,5,10,13H2,1-4H3. The van der Waals surface area contributed by atoms with Crippen LogP contribution < -0.4 is 4.90 Å². The topological polar surface area (TPSA) is 57.6 Å². The first kappa shape index (κ1) is 20.7. The van der Waals surface area contributed by atoms with Crippen molar-refractivity contribution in [3.63, 3.8) is 0 Å². The summed E-state index contributed by atoms with van der Waals surface area (Å²) < 4.78 is 0.765. The van der Waals surface area contributed by atoms with E-state index >= 15 is 0 Å². The lowest BCUT2D eigenvalue weighted by Gasteiger charge is -2.23. The van der Waals surface area contributed by atoms with Crippen LogP contribution in [0, 0.1) is 6.92 Å². The van der Waals surface area contributed by atoms with E-state index < -0.39 is 11.5 Å². The first-order chi connectivity index (χ1) is 13.2. The van der Waals surface area contributed by atoms with Crippen LogP contribution in [0.2, 0.25) is 0 Å². The van der Waals surface area contributed by atoms with Crippen molar-refractivity contribution in [2.24, 2.45) is 0 Å². The van der Waals surface area contributed by atoms with E-state index in [0.29, 0.717) is 29.3 Å². The first-order valence-electron chi connectivity index (χ1n) is 9.67. The summed E-state index contributed by atoms with van der Waals surface area (Å²) in [5, 5.41) is 11.4. The van der Waals surface area contributed by atoms with Crippen molar-refractivity contribution in [1.82, 2.24) is 0 Å². The summed E-state index contributed by atoms with van der Waals surface area (Å²) in [4.78, 5) is 27.9. The van der Waals surface area contributed by atoms with Crippen LogP contribution in [-0.4, -0.2) is 23.3 Å². The second-order valence-corrected chi connectivity index (χ2v) is 8.72. The van der Waals surface area contributed by atoms with Gasteiger partial charge in [0.05, 0.1) is 12.1 Å². The fourth-order valence-electron chi connectivity index (χ4n) is 3.77. The van der Waals surface area contributed by atoms with Crippen LogP contribution in [0.1, 0.15) is 66.6 Å². The molecule has 0 fully saturated rings. The number of hydrogen-bond donors (Lipinski definition) is 1. The zero-order valence-electron chi connectivity index (χ0n) is 16.8. The van der Waals surface area contributed by atoms with Crippen LogP contribution in [0.4, 0.5) is 5.69 Å². The Morgan fingerprint density at radius 2 is 1.93 bits per heavy atom. The van der Waals surface area contributed by atoms with Gasteiger partial charge in [-0.1, -0.05) is 48.8 Å². The summed E-state index contributed by atoms with van der Waals surface area (Å²) in [5.41, 5.74) is 1.81. The van der Waals surface area contributed by atoms with Crippen LogP contribution in [0.3, 0.4) is 0 Å². The molecule has 0 aliphatic carbocycles. The van der Waals surface area contributed by atoms with Crippen LogP contribution in [0.25, 0.3) is 0 Å². The fourth-order valence-corrected chi connectivity index (χ4v) is 4.13. The molecule has 0 spiro atoms. The van der Waals surface area contributed by atoms with Gasteiger partial charge in [0.1, 0.15) is 0 Å². The van der Waals surface area contributed by atoms with Gasteiger partial charge in [-0.05, 0) is 54.7 Å². The number of fused-ring (bicyclic) bond motifs is 1. The normalized spacial score (nSPS) is 18.7. The Bertz CT molecular complexity index is 937. The molecule has 1 unspecified atom stereocenters. The Morgan fingerprint density at radius 3 is 2.57 bits per heavy atom. The molecule has 4 nitrogen and oxygen atoms in total. The molecule has 5 heteroatoms. The van der Waals surface area contributed by atoms with E-state index in [2.05, 4.69) is 29.8 Å². The number of anilines is 1. The summed E-state index contributed by atoms with van der Waals surface area (Å²) in [5.74, 6) is -0.353. The lowest BCUT2D eigenvalue weighted by atomic mass is 9.86. The van der Waals surface area contributed by atoms with Crippen molar-refractivity contribution >= 4 is 33.3 Å². The Morgan fingerprint density at radius 1 is 1.21 bits per heavy atom. The zero-order valence-corrected chi connectivity index (χ0v) is 18.3. The number of rotatable bonds is 6. The molecule has 0 bridgehead atoms. The predicted molar refractivity (Wildman–Crippen MR) is 115 cm³/mol. The number of carbonyl (C=O) groups is 2. The Balaban J connectivity index is 2.02. The lowest BCUT2D eigenvalue weighted by molar-refractivity contribution is -0.135. The molecular formula is C23H26BrNO3. The van der Waals surface area contributed by atoms with Gasteiger partial charge in [-0.3, -0.25) is 9.59 Å². The lowest BCUT2D eigenvalue weighted by Crippen LogP contribution is -2.42. The molecule has 1 atom stereocenters. The molecule has 1 aliphatic rings. The van der Waals surface area contributed by atoms with E-state index in [1.807, 2.05) is 44.2 Å². The highest BCUT2D eigenvalue weighted by Gasteiger charge is 2.50. The highest BCUT2D eigenvalue weighted by Crippen LogP contribution is 2.44. The van der Waals surface area contributed by atoms with E-state index in [4.69, 9.17) is 0 Å². The number of carbonyl (C=O) groups excluding carboxylic acids is 2. The summed E-state index contributed by atoms with van der Waals surface area (Å²) >= 11 is 3.42. The third-order valence-electron chi connectivity index (χ3n) is 5.39. The van der Waals surface area contributed by atoms with E-state index in [-0.39, 0.29) is 12.2 Å². The van der Waals surface area contributed by atoms with E-state index in [1.54, 1.807) is 11.0 Å². The molecule has 2 aromatic rings. The molecule has 1 aliphatic heterocycles. The molecule has 1 heterocycles. The van der Waals surface area contributed by atoms with Gasteiger partial charge in [-0.15, -0.1) is 0 Å². The highest BCUT2D eigenvalue weighted by atomic mass is 79.9. The molecule has 28 heavy (non-hydrogen) atoms. The molecule has 3 rings (SSSR count). The fraction of sp³-hybridized carbons (Fsp3) is 0.391. The second kappa shape index (κ2) is 7.80. The zero-order chi connectivity index (χ0) is 20.6. The summed E-state index contributed by atoms with van der Waals surface area (Å²) in [6.45, 7) is 8.51. The molecule has 2 aromatic carbocycles. The first-order valence-corrected chi connectivity index (χ1v) is 10.5. The molecule has 0 aromatic heterocycles. The number of hydrogen-bond acceptors (Lipinski definition) is 3. The second-order valence-electron chi connectivity index (χ2n) is 7.81. The predicted octanol–water partition coefficient (Wildman–Crippen LogP) is 5.10. The van der Waals surface area contributed by atoms with Gasteiger partial charge in [-0.2, -0.15) is 0 Å². The number of aliphatic hydroxyl groups is 1. The van der Waals surface area contributed by atoms with Gasteiger partial charge in [0.2, 0.25) is 0 Å². The summed E-state index contributed by atoms with van der Waals surface area (Å²) in [6.07, 6.45) is 0.499. The molecular weight excluding hydrogens is 418 g/mol. The molecule has 148 valence electrons. The minimum Gasteiger partial charge on any atom is -0.375 e. The average molecular weight is 444 g/mol. The maximum atomic E-state index is 13.2. The summed E-state index contributed by atoms with van der Waals surface area (Å²) in [7, 11) is 0. The third kappa shape index (κ3) is 3.53. The van der Waals surface area contributed by atoms with Crippen molar-refractivity contribution in [1.29, 1.82) is 0 Å². The van der Waals surface area contributed by atoms with E-state index in [1.165, 1.54) is 0 Å². The smallest absolute Gasteiger partial charge is 0.264 e. The number of halogens is 1. The number of benzene rings is 2. The molecule has 0 saturated heterocycles. The third-order valence-corrected chi connectivity index (χ3v) is 5.88. The van der Waals surface area contributed by atoms with Gasteiger partial charge in [0.25, 0.3) is 5.91 Å². The molecule has 0 radical (unpaired) electrons. The molecule has 1 amide bonds. The van der Waals surface area contributed by atoms with Crippen molar-refractivity contribution < 1.29 is 14.7 Å².